The molecule has 0 bridgehead atoms. The number of nitrogens with zero attached hydrogens (tertiary/aromatic N) is 1. The topological polar surface area (TPSA) is 32.7 Å². The van der Waals surface area contributed by atoms with E-state index in [2.05, 4.69) is 0 Å². The minimum Gasteiger partial charge on any atom is -0.457 e. The van der Waals surface area contributed by atoms with Crippen LogP contribution in [0, 0.1) is 0 Å². The predicted molar refractivity (Wildman–Crippen MR) is 136 cm³/mol. The van der Waals surface area contributed by atoms with Crippen molar-refractivity contribution in [1.29, 1.82) is 0 Å². The van der Waals surface area contributed by atoms with Gasteiger partial charge in [0.25, 0.3) is 0 Å². The van der Waals surface area contributed by atoms with Crippen molar-refractivity contribution in [2.45, 2.75) is 63.0 Å². The van der Waals surface area contributed by atoms with Crippen molar-refractivity contribution in [3.05, 3.63) is 89.5 Å². The zero-order chi connectivity index (χ0) is 31.7. The molecule has 0 amide bonds. The lowest BCUT2D eigenvalue weighted by Gasteiger charge is -2.30. The Kier molecular flexibility index (Phi) is 9.17. The number of hydrogen-bond donors (Lipinski definition) is 1. The average molecular weight is 612 g/mol. The van der Waals surface area contributed by atoms with E-state index in [0.717, 1.165) is 22.6 Å². The van der Waals surface area contributed by atoms with E-state index in [1.54, 1.807) is 18.2 Å². The maximum absolute atomic E-state index is 14.3. The SMILES string of the molecule is CC(C)(C)c1cccc(Oc2cccc(N(Cc3cccc(C(F)(F)C(F)(F)C(F)(F)F)c3)CC(O)C(F)(F)F)c2)c1. The molecule has 0 radical (unpaired) electrons. The number of hydrogen-bond acceptors (Lipinski definition) is 3. The van der Waals surface area contributed by atoms with Gasteiger partial charge < -0.3 is 14.7 Å². The standard InChI is InChI=1S/C29H27F10NO2/c1-25(2,3)19-8-5-11-22(14-19)42-23-12-6-10-21(15-23)40(17-24(41)27(32,33)34)16-18-7-4-9-20(13-18)26(30,31)28(35,36)29(37,38)39/h4-15,24,41H,16-17H2,1-3H3. The molecule has 0 aliphatic carbocycles. The molecule has 3 nitrogen and oxygen atoms in total. The quantitative estimate of drug-likeness (QED) is 0.245. The molecule has 0 heterocycles. The van der Waals surface area contributed by atoms with E-state index in [1.165, 1.54) is 24.3 Å². The van der Waals surface area contributed by atoms with Gasteiger partial charge in [0, 0.05) is 23.9 Å². The number of halogens is 10. The van der Waals surface area contributed by atoms with Crippen LogP contribution in [0.5, 0.6) is 11.5 Å². The van der Waals surface area contributed by atoms with Crippen LogP contribution in [-0.2, 0) is 17.9 Å². The second-order valence-electron chi connectivity index (χ2n) is 10.7. The van der Waals surface area contributed by atoms with Crippen LogP contribution in [0.15, 0.2) is 72.8 Å². The molecule has 1 unspecified atom stereocenters. The van der Waals surface area contributed by atoms with Crippen molar-refractivity contribution in [2.75, 3.05) is 11.4 Å². The third kappa shape index (κ3) is 7.47. The second-order valence-corrected chi connectivity index (χ2v) is 10.7. The van der Waals surface area contributed by atoms with Crippen molar-refractivity contribution >= 4 is 5.69 Å². The van der Waals surface area contributed by atoms with Crippen LogP contribution < -0.4 is 9.64 Å². The highest BCUT2D eigenvalue weighted by Crippen LogP contribution is 2.51. The monoisotopic (exact) mass is 611 g/mol. The van der Waals surface area contributed by atoms with Gasteiger partial charge in [0.05, 0.1) is 6.54 Å². The van der Waals surface area contributed by atoms with E-state index in [9.17, 15) is 49.0 Å². The lowest BCUT2D eigenvalue weighted by molar-refractivity contribution is -0.359. The number of ether oxygens (including phenoxy) is 1. The largest absolute Gasteiger partial charge is 0.460 e. The first-order valence-electron chi connectivity index (χ1n) is 12.4. The summed E-state index contributed by atoms with van der Waals surface area (Å²) in [5.41, 5.74) is -1.28. The van der Waals surface area contributed by atoms with E-state index < -0.39 is 49.0 Å². The van der Waals surface area contributed by atoms with Crippen molar-refractivity contribution in [1.82, 2.24) is 0 Å². The molecular weight excluding hydrogens is 584 g/mol. The molecular formula is C29H27F10NO2. The van der Waals surface area contributed by atoms with E-state index in [4.69, 9.17) is 4.74 Å². The zero-order valence-corrected chi connectivity index (χ0v) is 22.5. The molecule has 0 saturated heterocycles. The highest BCUT2D eigenvalue weighted by molar-refractivity contribution is 5.52. The molecule has 1 atom stereocenters. The Balaban J connectivity index is 1.97. The van der Waals surface area contributed by atoms with E-state index in [0.29, 0.717) is 17.9 Å². The van der Waals surface area contributed by atoms with Crippen LogP contribution >= 0.6 is 0 Å². The van der Waals surface area contributed by atoms with Gasteiger partial charge in [-0.05, 0) is 46.9 Å². The maximum Gasteiger partial charge on any atom is 0.460 e. The summed E-state index contributed by atoms with van der Waals surface area (Å²) in [6.45, 7) is 4.15. The number of alkyl halides is 10. The fourth-order valence-corrected chi connectivity index (χ4v) is 3.92. The first kappa shape index (κ1) is 33.0. The van der Waals surface area contributed by atoms with Gasteiger partial charge in [-0.1, -0.05) is 57.2 Å². The highest BCUT2D eigenvalue weighted by atomic mass is 19.4. The van der Waals surface area contributed by atoms with Crippen molar-refractivity contribution in [2.24, 2.45) is 0 Å². The lowest BCUT2D eigenvalue weighted by Crippen LogP contribution is -2.50. The Bertz CT molecular complexity index is 1360. The van der Waals surface area contributed by atoms with Crippen molar-refractivity contribution in [3.63, 3.8) is 0 Å². The van der Waals surface area contributed by atoms with Gasteiger partial charge in [0.1, 0.15) is 11.5 Å². The van der Waals surface area contributed by atoms with Gasteiger partial charge in [-0.3, -0.25) is 0 Å². The fourth-order valence-electron chi connectivity index (χ4n) is 3.92. The highest BCUT2D eigenvalue weighted by Gasteiger charge is 2.73. The summed E-state index contributed by atoms with van der Waals surface area (Å²) in [6.07, 6.45) is -14.6. The van der Waals surface area contributed by atoms with Crippen molar-refractivity contribution < 1.29 is 53.7 Å². The summed E-state index contributed by atoms with van der Waals surface area (Å²) in [6, 6.07) is 15.1. The Morgan fingerprint density at radius 2 is 1.26 bits per heavy atom. The number of benzene rings is 3. The predicted octanol–water partition coefficient (Wildman–Crippen LogP) is 9.00. The zero-order valence-electron chi connectivity index (χ0n) is 22.5. The van der Waals surface area contributed by atoms with Gasteiger partial charge in [0.2, 0.25) is 0 Å². The summed E-state index contributed by atoms with van der Waals surface area (Å²) in [5.74, 6) is -11.5. The molecule has 13 heteroatoms. The van der Waals surface area contributed by atoms with Gasteiger partial charge in [-0.15, -0.1) is 0 Å². The molecule has 0 aromatic heterocycles. The van der Waals surface area contributed by atoms with E-state index in [1.807, 2.05) is 26.8 Å². The first-order valence-corrected chi connectivity index (χ1v) is 12.4. The van der Waals surface area contributed by atoms with Gasteiger partial charge in [0.15, 0.2) is 6.10 Å². The molecule has 0 spiro atoms. The third-order valence-electron chi connectivity index (χ3n) is 6.30. The summed E-state index contributed by atoms with van der Waals surface area (Å²) >= 11 is 0. The van der Waals surface area contributed by atoms with Crippen LogP contribution in [-0.4, -0.2) is 36.0 Å². The Morgan fingerprint density at radius 3 is 1.83 bits per heavy atom. The molecule has 0 saturated carbocycles. The maximum atomic E-state index is 14.3. The smallest absolute Gasteiger partial charge is 0.457 e. The third-order valence-corrected chi connectivity index (χ3v) is 6.30. The van der Waals surface area contributed by atoms with Crippen molar-refractivity contribution in [3.8, 4) is 11.5 Å². The van der Waals surface area contributed by atoms with Gasteiger partial charge in [-0.25, -0.2) is 0 Å². The Labute approximate surface area is 235 Å². The number of rotatable bonds is 9. The van der Waals surface area contributed by atoms with Crippen LogP contribution in [0.2, 0.25) is 0 Å². The van der Waals surface area contributed by atoms with Crippen LogP contribution in [0.4, 0.5) is 49.6 Å². The van der Waals surface area contributed by atoms with Crippen LogP contribution in [0.25, 0.3) is 0 Å². The second kappa shape index (κ2) is 11.7. The number of aliphatic hydroxyl groups is 1. The minimum absolute atomic E-state index is 0.0144. The lowest BCUT2D eigenvalue weighted by atomic mass is 9.87. The molecule has 3 rings (SSSR count). The summed E-state index contributed by atoms with van der Waals surface area (Å²) in [4.78, 5) is 0.912. The molecule has 0 aliphatic rings. The average Bonchev–Trinajstić information content (AvgIpc) is 2.87. The fraction of sp³-hybridized carbons (Fsp3) is 0.379. The van der Waals surface area contributed by atoms with E-state index >= 15 is 0 Å². The van der Waals surface area contributed by atoms with Crippen LogP contribution in [0.1, 0.15) is 37.5 Å². The molecule has 1 N–H and O–H groups in total. The molecule has 0 aliphatic heterocycles. The number of anilines is 1. The normalized spacial score (nSPS) is 14.0. The van der Waals surface area contributed by atoms with Crippen LogP contribution in [0.3, 0.4) is 0 Å². The molecule has 0 fully saturated rings. The molecule has 3 aromatic carbocycles. The summed E-state index contributed by atoms with van der Waals surface area (Å²) < 4.78 is 139. The molecule has 42 heavy (non-hydrogen) atoms. The Hall–Kier alpha value is -3.48. The summed E-state index contributed by atoms with van der Waals surface area (Å²) in [7, 11) is 0. The summed E-state index contributed by atoms with van der Waals surface area (Å²) in [5, 5.41) is 9.74. The first-order chi connectivity index (χ1) is 19.1. The Morgan fingerprint density at radius 1 is 0.714 bits per heavy atom. The van der Waals surface area contributed by atoms with Gasteiger partial charge >= 0.3 is 24.2 Å². The number of aliphatic hydroxyl groups excluding tert-OH is 1. The van der Waals surface area contributed by atoms with Gasteiger partial charge in [-0.2, -0.15) is 43.9 Å². The molecule has 3 aromatic rings. The minimum atomic E-state index is -6.57. The molecule has 230 valence electrons. The van der Waals surface area contributed by atoms with E-state index in [-0.39, 0.29) is 22.4 Å².